The van der Waals surface area contributed by atoms with Crippen LogP contribution in [0.3, 0.4) is 0 Å². The van der Waals surface area contributed by atoms with Crippen LogP contribution in [0.1, 0.15) is 123 Å². The Morgan fingerprint density at radius 2 is 1.51 bits per heavy atom. The summed E-state index contributed by atoms with van der Waals surface area (Å²) in [5.41, 5.74) is 2.27. The van der Waals surface area contributed by atoms with Gasteiger partial charge < -0.3 is 20.3 Å². The normalized spacial score (nSPS) is 13.2. The molecule has 39 heavy (non-hydrogen) atoms. The summed E-state index contributed by atoms with van der Waals surface area (Å²) in [4.78, 5) is 42.4. The van der Waals surface area contributed by atoms with Crippen molar-refractivity contribution in [3.63, 3.8) is 0 Å². The summed E-state index contributed by atoms with van der Waals surface area (Å²) in [5.74, 6) is -0.326. The molecule has 0 aliphatic rings. The number of hydrogen-bond donors (Lipinski definition) is 2. The molecule has 0 spiro atoms. The molecule has 0 aliphatic carbocycles. The molecule has 3 amide bonds. The van der Waals surface area contributed by atoms with Gasteiger partial charge >= 0.3 is 6.09 Å². The van der Waals surface area contributed by atoms with Gasteiger partial charge in [0.1, 0.15) is 17.7 Å². The fourth-order valence-corrected chi connectivity index (χ4v) is 4.54. The van der Waals surface area contributed by atoms with Gasteiger partial charge in [0.05, 0.1) is 0 Å². The van der Waals surface area contributed by atoms with Crippen LogP contribution in [0.5, 0.6) is 0 Å². The van der Waals surface area contributed by atoms with Crippen LogP contribution in [-0.4, -0.2) is 47.0 Å². The molecule has 0 aromatic heterocycles. The maximum Gasteiger partial charge on any atom is 0.408 e. The second-order valence-corrected chi connectivity index (χ2v) is 12.5. The predicted octanol–water partition coefficient (Wildman–Crippen LogP) is 7.00. The minimum atomic E-state index is -0.805. The molecule has 7 heteroatoms. The number of nitrogens with zero attached hydrogens (tertiary/aromatic N) is 1. The van der Waals surface area contributed by atoms with Gasteiger partial charge in [0.2, 0.25) is 11.8 Å². The van der Waals surface area contributed by atoms with Gasteiger partial charge in [-0.15, -0.1) is 0 Å². The van der Waals surface area contributed by atoms with Gasteiger partial charge in [-0.3, -0.25) is 9.59 Å². The first-order chi connectivity index (χ1) is 18.2. The van der Waals surface area contributed by atoms with Gasteiger partial charge in [0.15, 0.2) is 0 Å². The average Bonchev–Trinajstić information content (AvgIpc) is 2.79. The van der Waals surface area contributed by atoms with Crippen LogP contribution in [0.2, 0.25) is 0 Å². The summed E-state index contributed by atoms with van der Waals surface area (Å²) >= 11 is 0. The maximum absolute atomic E-state index is 14.3. The summed E-state index contributed by atoms with van der Waals surface area (Å²) in [6.07, 6.45) is 6.19. The predicted molar refractivity (Wildman–Crippen MR) is 160 cm³/mol. The molecular formula is C32H55N3O4. The van der Waals surface area contributed by atoms with Gasteiger partial charge in [0.25, 0.3) is 0 Å². The van der Waals surface area contributed by atoms with Gasteiger partial charge in [-0.1, -0.05) is 71.1 Å². The number of ether oxygens (including phenoxy) is 1. The third kappa shape index (κ3) is 12.9. The number of carbonyl (C=O) groups is 3. The SMILES string of the molecule is CCCCCCCCN(C(=O)C(CC(C)C)NC(=O)OC(C)(C)C)C(C(=O)NC(C)C)c1ccc(C)c(C)c1. The highest BCUT2D eigenvalue weighted by molar-refractivity contribution is 5.92. The Kier molecular flexibility index (Phi) is 14.6. The molecule has 0 bridgehead atoms. The van der Waals surface area contributed by atoms with Crippen molar-refractivity contribution < 1.29 is 19.1 Å². The number of carbonyl (C=O) groups excluding carboxylic acids is 3. The summed E-state index contributed by atoms with van der Waals surface area (Å²) in [5, 5.41) is 5.86. The second-order valence-electron chi connectivity index (χ2n) is 12.5. The Labute approximate surface area is 237 Å². The number of rotatable bonds is 15. The van der Waals surface area contributed by atoms with Crippen molar-refractivity contribution in [2.45, 2.75) is 138 Å². The first-order valence-electron chi connectivity index (χ1n) is 14.8. The van der Waals surface area contributed by atoms with E-state index in [0.29, 0.717) is 13.0 Å². The molecule has 0 heterocycles. The van der Waals surface area contributed by atoms with E-state index in [1.54, 1.807) is 25.7 Å². The second kappa shape index (κ2) is 16.5. The molecule has 0 saturated carbocycles. The zero-order valence-electron chi connectivity index (χ0n) is 26.3. The number of amides is 3. The monoisotopic (exact) mass is 545 g/mol. The molecule has 1 aromatic carbocycles. The molecule has 222 valence electrons. The number of unbranched alkanes of at least 4 members (excludes halogenated alkanes) is 5. The van der Waals surface area contributed by atoms with Gasteiger partial charge in [0, 0.05) is 12.6 Å². The minimum Gasteiger partial charge on any atom is -0.444 e. The fourth-order valence-electron chi connectivity index (χ4n) is 4.54. The zero-order valence-corrected chi connectivity index (χ0v) is 26.3. The summed E-state index contributed by atoms with van der Waals surface area (Å²) < 4.78 is 5.49. The standard InChI is InChI=1S/C32H55N3O4/c1-11-12-13-14-15-16-19-35(30(37)27(20-22(2)3)34-31(38)39-32(8,9)10)28(29(36)33-23(4)5)26-18-17-24(6)25(7)21-26/h17-18,21-23,27-28H,11-16,19-20H2,1-10H3,(H,33,36)(H,34,38). The Balaban J connectivity index is 3.48. The van der Waals surface area contributed by atoms with Crippen LogP contribution in [0.15, 0.2) is 18.2 Å². The van der Waals surface area contributed by atoms with E-state index >= 15 is 0 Å². The van der Waals surface area contributed by atoms with Crippen LogP contribution in [-0.2, 0) is 14.3 Å². The molecule has 1 aromatic rings. The molecule has 2 atom stereocenters. The number of nitrogens with one attached hydrogen (secondary N) is 2. The van der Waals surface area contributed by atoms with Crippen LogP contribution in [0.25, 0.3) is 0 Å². The smallest absolute Gasteiger partial charge is 0.408 e. The summed E-state index contributed by atoms with van der Waals surface area (Å²) in [7, 11) is 0. The van der Waals surface area contributed by atoms with Crippen molar-refractivity contribution in [3.8, 4) is 0 Å². The molecule has 1 rings (SSSR count). The molecule has 0 aliphatic heterocycles. The number of benzene rings is 1. The van der Waals surface area contributed by atoms with Crippen molar-refractivity contribution in [2.75, 3.05) is 6.54 Å². The highest BCUT2D eigenvalue weighted by Crippen LogP contribution is 2.27. The van der Waals surface area contributed by atoms with Crippen LogP contribution in [0.4, 0.5) is 4.79 Å². The third-order valence-corrected chi connectivity index (χ3v) is 6.57. The lowest BCUT2D eigenvalue weighted by atomic mass is 9.96. The highest BCUT2D eigenvalue weighted by Gasteiger charge is 2.36. The van der Waals surface area contributed by atoms with Gasteiger partial charge in [-0.25, -0.2) is 4.79 Å². The van der Waals surface area contributed by atoms with Crippen LogP contribution >= 0.6 is 0 Å². The Morgan fingerprint density at radius 3 is 2.05 bits per heavy atom. The van der Waals surface area contributed by atoms with E-state index in [-0.39, 0.29) is 23.8 Å². The lowest BCUT2D eigenvalue weighted by molar-refractivity contribution is -0.143. The maximum atomic E-state index is 14.3. The minimum absolute atomic E-state index is 0.0797. The topological polar surface area (TPSA) is 87.7 Å². The van der Waals surface area contributed by atoms with Crippen LogP contribution < -0.4 is 10.6 Å². The van der Waals surface area contributed by atoms with E-state index in [9.17, 15) is 14.4 Å². The number of hydrogen-bond acceptors (Lipinski definition) is 4. The molecular weight excluding hydrogens is 490 g/mol. The van der Waals surface area contributed by atoms with E-state index in [0.717, 1.165) is 42.4 Å². The van der Waals surface area contributed by atoms with Crippen molar-refractivity contribution in [1.29, 1.82) is 0 Å². The molecule has 0 radical (unpaired) electrons. The highest BCUT2D eigenvalue weighted by atomic mass is 16.6. The lowest BCUT2D eigenvalue weighted by Crippen LogP contribution is -2.54. The van der Waals surface area contributed by atoms with Crippen molar-refractivity contribution in [1.82, 2.24) is 15.5 Å². The van der Waals surface area contributed by atoms with Crippen molar-refractivity contribution in [2.24, 2.45) is 5.92 Å². The third-order valence-electron chi connectivity index (χ3n) is 6.57. The Hall–Kier alpha value is -2.57. The number of aryl methyl sites for hydroxylation is 2. The zero-order chi connectivity index (χ0) is 29.8. The lowest BCUT2D eigenvalue weighted by Gasteiger charge is -2.35. The molecule has 0 fully saturated rings. The first-order valence-corrected chi connectivity index (χ1v) is 14.8. The van der Waals surface area contributed by atoms with E-state index in [1.165, 1.54) is 12.8 Å². The molecule has 2 unspecified atom stereocenters. The van der Waals surface area contributed by atoms with E-state index in [2.05, 4.69) is 17.6 Å². The van der Waals surface area contributed by atoms with Gasteiger partial charge in [-0.05, 0) is 83.9 Å². The summed E-state index contributed by atoms with van der Waals surface area (Å²) in [6, 6.07) is 4.25. The number of alkyl carbamates (subject to hydrolysis) is 1. The van der Waals surface area contributed by atoms with E-state index < -0.39 is 23.8 Å². The van der Waals surface area contributed by atoms with E-state index in [4.69, 9.17) is 4.74 Å². The Morgan fingerprint density at radius 1 is 0.897 bits per heavy atom. The average molecular weight is 546 g/mol. The molecule has 7 nitrogen and oxygen atoms in total. The Bertz CT molecular complexity index is 920. The largest absolute Gasteiger partial charge is 0.444 e. The van der Waals surface area contributed by atoms with E-state index in [1.807, 2.05) is 59.7 Å². The van der Waals surface area contributed by atoms with Gasteiger partial charge in [-0.2, -0.15) is 0 Å². The van der Waals surface area contributed by atoms with Crippen molar-refractivity contribution >= 4 is 17.9 Å². The van der Waals surface area contributed by atoms with Crippen molar-refractivity contribution in [3.05, 3.63) is 34.9 Å². The first kappa shape index (κ1) is 34.5. The summed E-state index contributed by atoms with van der Waals surface area (Å²) in [6.45, 7) is 19.9. The molecule has 2 N–H and O–H groups in total. The quantitative estimate of drug-likeness (QED) is 0.232. The molecule has 0 saturated heterocycles. The van der Waals surface area contributed by atoms with Crippen LogP contribution in [0, 0.1) is 19.8 Å². The fraction of sp³-hybridized carbons (Fsp3) is 0.719.